The summed E-state index contributed by atoms with van der Waals surface area (Å²) in [6.45, 7) is 9.95. The molecule has 0 saturated carbocycles. The molecule has 0 spiro atoms. The highest BCUT2D eigenvalue weighted by Gasteiger charge is 2.24. The molecule has 0 unspecified atom stereocenters. The minimum absolute atomic E-state index is 0.160. The lowest BCUT2D eigenvalue weighted by Crippen LogP contribution is -2.33. The van der Waals surface area contributed by atoms with Crippen LogP contribution >= 0.6 is 11.3 Å². The summed E-state index contributed by atoms with van der Waals surface area (Å²) >= 11 is 1.69. The minimum atomic E-state index is -0.160. The van der Waals surface area contributed by atoms with Crippen molar-refractivity contribution in [2.24, 2.45) is 5.92 Å². The van der Waals surface area contributed by atoms with Crippen LogP contribution in [0.25, 0.3) is 0 Å². The van der Waals surface area contributed by atoms with E-state index in [0.29, 0.717) is 12.5 Å². The first kappa shape index (κ1) is 13.6. The van der Waals surface area contributed by atoms with E-state index in [4.69, 9.17) is 4.74 Å². The van der Waals surface area contributed by atoms with Gasteiger partial charge in [0.05, 0.1) is 12.2 Å². The van der Waals surface area contributed by atoms with E-state index in [-0.39, 0.29) is 5.97 Å². The summed E-state index contributed by atoms with van der Waals surface area (Å²) in [5, 5.41) is 1.96. The third kappa shape index (κ3) is 2.93. The summed E-state index contributed by atoms with van der Waals surface area (Å²) in [6, 6.07) is 0. The quantitative estimate of drug-likeness (QED) is 0.786. The van der Waals surface area contributed by atoms with E-state index in [9.17, 15) is 4.79 Å². The van der Waals surface area contributed by atoms with E-state index >= 15 is 0 Å². The normalized spacial score (nSPS) is 15.8. The van der Waals surface area contributed by atoms with Crippen LogP contribution in [0.1, 0.15) is 41.6 Å². The zero-order valence-electron chi connectivity index (χ0n) is 11.4. The lowest BCUT2D eigenvalue weighted by molar-refractivity contribution is 0.0525. The van der Waals surface area contributed by atoms with Crippen molar-refractivity contribution >= 4 is 17.3 Å². The van der Waals surface area contributed by atoms with Gasteiger partial charge < -0.3 is 4.74 Å². The van der Waals surface area contributed by atoms with Crippen molar-refractivity contribution in [1.29, 1.82) is 0 Å². The number of ether oxygens (including phenoxy) is 1. The highest BCUT2D eigenvalue weighted by Crippen LogP contribution is 2.29. The highest BCUT2D eigenvalue weighted by atomic mass is 32.1. The molecule has 1 aliphatic rings. The first-order valence-corrected chi connectivity index (χ1v) is 7.48. The molecule has 18 heavy (non-hydrogen) atoms. The lowest BCUT2D eigenvalue weighted by atomic mass is 10.0. The predicted octanol–water partition coefficient (Wildman–Crippen LogP) is 2.94. The van der Waals surface area contributed by atoms with Crippen LogP contribution in [-0.4, -0.2) is 30.6 Å². The van der Waals surface area contributed by atoms with Gasteiger partial charge in [0.2, 0.25) is 0 Å². The summed E-state index contributed by atoms with van der Waals surface area (Å²) in [6.07, 6.45) is 0.972. The summed E-state index contributed by atoms with van der Waals surface area (Å²) in [4.78, 5) is 15.6. The number of fused-ring (bicyclic) bond motifs is 1. The van der Waals surface area contributed by atoms with Gasteiger partial charge in [-0.3, -0.25) is 4.90 Å². The van der Waals surface area contributed by atoms with Gasteiger partial charge in [-0.15, -0.1) is 11.3 Å². The Labute approximate surface area is 113 Å². The lowest BCUT2D eigenvalue weighted by Gasteiger charge is -2.28. The molecule has 1 aromatic rings. The van der Waals surface area contributed by atoms with Crippen LogP contribution in [-0.2, 0) is 17.7 Å². The maximum Gasteiger partial charge on any atom is 0.339 e. The molecule has 1 aromatic heterocycles. The van der Waals surface area contributed by atoms with Crippen LogP contribution in [0.4, 0.5) is 0 Å². The number of carbonyl (C=O) groups excluding carboxylic acids is 1. The Bertz CT molecular complexity index is 425. The van der Waals surface area contributed by atoms with Crippen LogP contribution in [0.5, 0.6) is 0 Å². The van der Waals surface area contributed by atoms with E-state index in [1.807, 2.05) is 12.3 Å². The van der Waals surface area contributed by atoms with E-state index in [1.165, 1.54) is 10.4 Å². The topological polar surface area (TPSA) is 29.5 Å². The van der Waals surface area contributed by atoms with Crippen molar-refractivity contribution in [1.82, 2.24) is 4.90 Å². The van der Waals surface area contributed by atoms with Gasteiger partial charge in [0, 0.05) is 29.9 Å². The predicted molar refractivity (Wildman–Crippen MR) is 74.1 cm³/mol. The average molecular weight is 267 g/mol. The molecule has 0 atom stereocenters. The van der Waals surface area contributed by atoms with Gasteiger partial charge in [-0.05, 0) is 24.8 Å². The summed E-state index contributed by atoms with van der Waals surface area (Å²) < 4.78 is 5.10. The Morgan fingerprint density at radius 3 is 3.00 bits per heavy atom. The maximum absolute atomic E-state index is 11.8. The standard InChI is InChI=1S/C14H21NO2S/c1-4-17-14(16)12-9-18-13-8-15(7-10(2)3)6-5-11(12)13/h9-10H,4-8H2,1-3H3. The number of nitrogens with zero attached hydrogens (tertiary/aromatic N) is 1. The van der Waals surface area contributed by atoms with Crippen molar-refractivity contribution in [3.63, 3.8) is 0 Å². The van der Waals surface area contributed by atoms with Gasteiger partial charge in [0.25, 0.3) is 0 Å². The molecular formula is C14H21NO2S. The van der Waals surface area contributed by atoms with Crippen molar-refractivity contribution in [2.45, 2.75) is 33.7 Å². The Kier molecular flexibility index (Phi) is 4.40. The van der Waals surface area contributed by atoms with Gasteiger partial charge >= 0.3 is 5.97 Å². The summed E-state index contributed by atoms with van der Waals surface area (Å²) in [5.74, 6) is 0.531. The van der Waals surface area contributed by atoms with Gasteiger partial charge in [-0.25, -0.2) is 4.79 Å². The second kappa shape index (κ2) is 5.85. The SMILES string of the molecule is CCOC(=O)c1csc2c1CCN(CC(C)C)C2. The van der Waals surface area contributed by atoms with Crippen molar-refractivity contribution in [2.75, 3.05) is 19.7 Å². The molecule has 0 amide bonds. The molecule has 0 bridgehead atoms. The third-order valence-corrected chi connectivity index (χ3v) is 4.16. The molecule has 0 aliphatic carbocycles. The van der Waals surface area contributed by atoms with Gasteiger partial charge in [-0.2, -0.15) is 0 Å². The molecule has 100 valence electrons. The number of esters is 1. The van der Waals surface area contributed by atoms with E-state index in [1.54, 1.807) is 11.3 Å². The smallest absolute Gasteiger partial charge is 0.339 e. The summed E-state index contributed by atoms with van der Waals surface area (Å²) in [5.41, 5.74) is 2.01. The Morgan fingerprint density at radius 1 is 1.56 bits per heavy atom. The molecule has 0 saturated heterocycles. The van der Waals surface area contributed by atoms with Crippen LogP contribution in [0.3, 0.4) is 0 Å². The van der Waals surface area contributed by atoms with E-state index in [2.05, 4.69) is 18.7 Å². The highest BCUT2D eigenvalue weighted by molar-refractivity contribution is 7.10. The van der Waals surface area contributed by atoms with Crippen LogP contribution < -0.4 is 0 Å². The first-order valence-electron chi connectivity index (χ1n) is 6.60. The van der Waals surface area contributed by atoms with Crippen molar-refractivity contribution in [3.05, 3.63) is 21.4 Å². The van der Waals surface area contributed by atoms with Gasteiger partial charge in [0.1, 0.15) is 0 Å². The van der Waals surface area contributed by atoms with Crippen LogP contribution in [0.15, 0.2) is 5.38 Å². The summed E-state index contributed by atoms with van der Waals surface area (Å²) in [7, 11) is 0. The molecule has 0 N–H and O–H groups in total. The second-order valence-electron chi connectivity index (χ2n) is 5.15. The Morgan fingerprint density at radius 2 is 2.33 bits per heavy atom. The molecule has 0 fully saturated rings. The number of carbonyl (C=O) groups is 1. The van der Waals surface area contributed by atoms with Crippen molar-refractivity contribution < 1.29 is 9.53 Å². The molecule has 2 rings (SSSR count). The maximum atomic E-state index is 11.8. The molecular weight excluding hydrogens is 246 g/mol. The van der Waals surface area contributed by atoms with Gasteiger partial charge in [0.15, 0.2) is 0 Å². The fraction of sp³-hybridized carbons (Fsp3) is 0.643. The van der Waals surface area contributed by atoms with Crippen LogP contribution in [0, 0.1) is 5.92 Å². The number of hydrogen-bond acceptors (Lipinski definition) is 4. The fourth-order valence-electron chi connectivity index (χ4n) is 2.43. The minimum Gasteiger partial charge on any atom is -0.462 e. The molecule has 0 aromatic carbocycles. The van der Waals surface area contributed by atoms with Crippen molar-refractivity contribution in [3.8, 4) is 0 Å². The average Bonchev–Trinajstić information content (AvgIpc) is 2.71. The second-order valence-corrected chi connectivity index (χ2v) is 6.11. The van der Waals surface area contributed by atoms with E-state index in [0.717, 1.165) is 31.6 Å². The monoisotopic (exact) mass is 267 g/mol. The fourth-order valence-corrected chi connectivity index (χ4v) is 3.54. The third-order valence-electron chi connectivity index (χ3n) is 3.14. The Hall–Kier alpha value is -0.870. The number of rotatable bonds is 4. The van der Waals surface area contributed by atoms with Crippen LogP contribution in [0.2, 0.25) is 0 Å². The Balaban J connectivity index is 2.09. The molecule has 4 heteroatoms. The van der Waals surface area contributed by atoms with E-state index < -0.39 is 0 Å². The molecule has 0 radical (unpaired) electrons. The zero-order chi connectivity index (χ0) is 13.1. The zero-order valence-corrected chi connectivity index (χ0v) is 12.2. The molecule has 2 heterocycles. The largest absolute Gasteiger partial charge is 0.462 e. The molecule has 3 nitrogen and oxygen atoms in total. The number of thiophene rings is 1. The molecule has 1 aliphatic heterocycles. The van der Waals surface area contributed by atoms with Gasteiger partial charge in [-0.1, -0.05) is 13.8 Å². The number of hydrogen-bond donors (Lipinski definition) is 0. The first-order chi connectivity index (χ1) is 8.61.